The maximum Gasteiger partial charge on any atom is 0.698 e. The first-order valence-corrected chi connectivity index (χ1v) is 8.67. The van der Waals surface area contributed by atoms with E-state index in [1.165, 1.54) is 0 Å². The number of rotatable bonds is 12. The van der Waals surface area contributed by atoms with Gasteiger partial charge in [0.05, 0.1) is 0 Å². The van der Waals surface area contributed by atoms with Crippen molar-refractivity contribution in [2.45, 2.75) is 72.3 Å². The van der Waals surface area contributed by atoms with E-state index in [9.17, 15) is 4.57 Å². The smallest absolute Gasteiger partial charge is 0.119 e. The minimum absolute atomic E-state index is 0.0768. The number of hydrogen-bond donors (Lipinski definition) is 0. The first-order chi connectivity index (χ1) is 9.13. The van der Waals surface area contributed by atoms with E-state index < -0.39 is 8.25 Å². The van der Waals surface area contributed by atoms with E-state index in [1.807, 2.05) is 6.08 Å². The van der Waals surface area contributed by atoms with Crippen LogP contribution in [0, 0.1) is 5.92 Å². The molecule has 0 aromatic carbocycles. The molecule has 0 saturated heterocycles. The van der Waals surface area contributed by atoms with Gasteiger partial charge in [0.2, 0.25) is 0 Å². The van der Waals surface area contributed by atoms with Crippen LogP contribution in [0.2, 0.25) is 0 Å². The standard InChI is InChI=1S/C15H30O3P/c1-5-8-10-12-15(11-9-6-2)18-19(16)17-13-14(4)7-3/h10,12,14-15H,5-9,11,13H2,1-4H3/q+1/b12-10+/t14-,15?/m1/s1. The van der Waals surface area contributed by atoms with Gasteiger partial charge in [0.1, 0.15) is 12.7 Å². The maximum atomic E-state index is 11.7. The summed E-state index contributed by atoms with van der Waals surface area (Å²) in [5.74, 6) is 0.423. The van der Waals surface area contributed by atoms with Crippen molar-refractivity contribution < 1.29 is 13.6 Å². The highest BCUT2D eigenvalue weighted by Gasteiger charge is 2.26. The highest BCUT2D eigenvalue weighted by molar-refractivity contribution is 7.33. The number of hydrogen-bond acceptors (Lipinski definition) is 3. The predicted octanol–water partition coefficient (Wildman–Crippen LogP) is 5.64. The molecular formula is C15H30O3P+. The van der Waals surface area contributed by atoms with Crippen LogP contribution in [0.15, 0.2) is 12.2 Å². The second kappa shape index (κ2) is 12.8. The summed E-state index contributed by atoms with van der Waals surface area (Å²) >= 11 is 0. The molecule has 0 bridgehead atoms. The molecule has 0 aliphatic heterocycles. The van der Waals surface area contributed by atoms with E-state index in [0.717, 1.165) is 38.5 Å². The van der Waals surface area contributed by atoms with Gasteiger partial charge in [-0.1, -0.05) is 65.5 Å². The largest absolute Gasteiger partial charge is 0.698 e. The van der Waals surface area contributed by atoms with Crippen LogP contribution in [0.3, 0.4) is 0 Å². The summed E-state index contributed by atoms with van der Waals surface area (Å²) in [6.45, 7) is 8.97. The third kappa shape index (κ3) is 11.3. The average molecular weight is 289 g/mol. The van der Waals surface area contributed by atoms with E-state index in [4.69, 9.17) is 9.05 Å². The van der Waals surface area contributed by atoms with Crippen LogP contribution in [-0.4, -0.2) is 12.7 Å². The minimum Gasteiger partial charge on any atom is -0.119 e. The fourth-order valence-electron chi connectivity index (χ4n) is 1.45. The van der Waals surface area contributed by atoms with Crippen molar-refractivity contribution in [3.8, 4) is 0 Å². The zero-order valence-electron chi connectivity index (χ0n) is 12.9. The maximum absolute atomic E-state index is 11.7. The molecule has 3 atom stereocenters. The van der Waals surface area contributed by atoms with Crippen LogP contribution in [0.4, 0.5) is 0 Å². The Morgan fingerprint density at radius 2 is 1.95 bits per heavy atom. The Morgan fingerprint density at radius 3 is 2.53 bits per heavy atom. The van der Waals surface area contributed by atoms with Gasteiger partial charge in [-0.25, -0.2) is 0 Å². The molecule has 0 aromatic heterocycles. The van der Waals surface area contributed by atoms with Crippen molar-refractivity contribution in [1.82, 2.24) is 0 Å². The highest BCUT2D eigenvalue weighted by Crippen LogP contribution is 2.29. The van der Waals surface area contributed by atoms with Crippen LogP contribution in [0.1, 0.15) is 66.2 Å². The zero-order valence-corrected chi connectivity index (χ0v) is 13.8. The SMILES string of the molecule is CCC/C=C/C(CCCC)O[P+](=O)OC[C@H](C)CC. The molecule has 0 aliphatic rings. The van der Waals surface area contributed by atoms with Gasteiger partial charge in [0.25, 0.3) is 0 Å². The van der Waals surface area contributed by atoms with Crippen molar-refractivity contribution in [3.63, 3.8) is 0 Å². The molecule has 0 heterocycles. The second-order valence-electron chi connectivity index (χ2n) is 5.04. The molecule has 0 N–H and O–H groups in total. The van der Waals surface area contributed by atoms with Crippen molar-refractivity contribution in [2.75, 3.05) is 6.61 Å². The summed E-state index contributed by atoms with van der Waals surface area (Å²) in [7, 11) is -2.00. The van der Waals surface area contributed by atoms with Gasteiger partial charge in [-0.05, 0) is 18.8 Å². The Morgan fingerprint density at radius 1 is 1.21 bits per heavy atom. The Hall–Kier alpha value is -0.240. The average Bonchev–Trinajstić information content (AvgIpc) is 2.42. The Bertz CT molecular complexity index is 254. The Balaban J connectivity index is 4.10. The van der Waals surface area contributed by atoms with Gasteiger partial charge < -0.3 is 0 Å². The molecule has 0 fully saturated rings. The molecule has 0 aromatic rings. The van der Waals surface area contributed by atoms with Gasteiger partial charge in [0, 0.05) is 4.57 Å². The predicted molar refractivity (Wildman–Crippen MR) is 81.5 cm³/mol. The highest BCUT2D eigenvalue weighted by atomic mass is 31.1. The van der Waals surface area contributed by atoms with E-state index in [1.54, 1.807) is 0 Å². The third-order valence-electron chi connectivity index (χ3n) is 3.03. The minimum atomic E-state index is -2.00. The third-order valence-corrected chi connectivity index (χ3v) is 3.83. The topological polar surface area (TPSA) is 35.5 Å². The lowest BCUT2D eigenvalue weighted by Gasteiger charge is -2.06. The van der Waals surface area contributed by atoms with Crippen molar-refractivity contribution in [3.05, 3.63) is 12.2 Å². The molecule has 3 nitrogen and oxygen atoms in total. The molecule has 2 unspecified atom stereocenters. The molecular weight excluding hydrogens is 259 g/mol. The fraction of sp³-hybridized carbons (Fsp3) is 0.867. The molecule has 0 radical (unpaired) electrons. The first kappa shape index (κ1) is 18.8. The van der Waals surface area contributed by atoms with Crippen LogP contribution in [0.5, 0.6) is 0 Å². The zero-order chi connectivity index (χ0) is 14.5. The lowest BCUT2D eigenvalue weighted by molar-refractivity contribution is 0.169. The molecule has 0 amide bonds. The molecule has 19 heavy (non-hydrogen) atoms. The lowest BCUT2D eigenvalue weighted by atomic mass is 10.1. The van der Waals surface area contributed by atoms with Gasteiger partial charge in [-0.3, -0.25) is 0 Å². The summed E-state index contributed by atoms with van der Waals surface area (Å²) in [6, 6.07) is 0. The number of unbranched alkanes of at least 4 members (excludes halogenated alkanes) is 2. The molecule has 0 rings (SSSR count). The molecule has 0 aliphatic carbocycles. The van der Waals surface area contributed by atoms with E-state index in [0.29, 0.717) is 12.5 Å². The summed E-state index contributed by atoms with van der Waals surface area (Å²) in [5, 5.41) is 0. The van der Waals surface area contributed by atoms with Gasteiger partial charge in [-0.2, -0.15) is 0 Å². The lowest BCUT2D eigenvalue weighted by Crippen LogP contribution is -2.07. The van der Waals surface area contributed by atoms with Crippen LogP contribution < -0.4 is 0 Å². The van der Waals surface area contributed by atoms with Crippen LogP contribution in [-0.2, 0) is 13.6 Å². The van der Waals surface area contributed by atoms with Crippen LogP contribution >= 0.6 is 8.25 Å². The second-order valence-corrected chi connectivity index (χ2v) is 5.95. The van der Waals surface area contributed by atoms with Crippen molar-refractivity contribution in [1.29, 1.82) is 0 Å². The quantitative estimate of drug-likeness (QED) is 0.344. The van der Waals surface area contributed by atoms with Crippen molar-refractivity contribution in [2.24, 2.45) is 5.92 Å². The van der Waals surface area contributed by atoms with Gasteiger partial charge in [-0.15, -0.1) is 9.05 Å². The van der Waals surface area contributed by atoms with Gasteiger partial charge >= 0.3 is 8.25 Å². The van der Waals surface area contributed by atoms with E-state index >= 15 is 0 Å². The molecule has 0 spiro atoms. The van der Waals surface area contributed by atoms with Gasteiger partial charge in [0.15, 0.2) is 0 Å². The molecule has 112 valence electrons. The van der Waals surface area contributed by atoms with E-state index in [2.05, 4.69) is 33.8 Å². The number of allylic oxidation sites excluding steroid dienone is 1. The van der Waals surface area contributed by atoms with Crippen LogP contribution in [0.25, 0.3) is 0 Å². The normalized spacial score (nSPS) is 15.7. The summed E-state index contributed by atoms with van der Waals surface area (Å²) < 4.78 is 22.5. The fourth-order valence-corrected chi connectivity index (χ4v) is 2.28. The Kier molecular flexibility index (Phi) is 12.6. The summed E-state index contributed by atoms with van der Waals surface area (Å²) in [5.41, 5.74) is 0. The molecule has 4 heteroatoms. The van der Waals surface area contributed by atoms with Crippen molar-refractivity contribution >= 4 is 8.25 Å². The van der Waals surface area contributed by atoms with E-state index in [-0.39, 0.29) is 6.10 Å². The monoisotopic (exact) mass is 289 g/mol. The first-order valence-electron chi connectivity index (χ1n) is 7.57. The molecule has 0 saturated carbocycles. The summed E-state index contributed by atoms with van der Waals surface area (Å²) in [4.78, 5) is 0. The summed E-state index contributed by atoms with van der Waals surface area (Å²) in [6.07, 6.45) is 10.3. The Labute approximate surface area is 119 Å².